The molecule has 0 aliphatic heterocycles. The van der Waals surface area contributed by atoms with Gasteiger partial charge < -0.3 is 10.1 Å². The molecule has 3 aromatic rings. The van der Waals surface area contributed by atoms with Gasteiger partial charge in [-0.1, -0.05) is 24.3 Å². The molecule has 1 N–H and O–H groups in total. The lowest BCUT2D eigenvalue weighted by molar-refractivity contribution is -0.122. The number of nitrogens with one attached hydrogen (secondary N) is 1. The first kappa shape index (κ1) is 18.5. The van der Waals surface area contributed by atoms with Gasteiger partial charge in [0.25, 0.3) is 5.56 Å². The van der Waals surface area contributed by atoms with Crippen LogP contribution in [0.5, 0.6) is 5.75 Å². The number of halogens is 2. The van der Waals surface area contributed by atoms with Gasteiger partial charge >= 0.3 is 6.61 Å². The van der Waals surface area contributed by atoms with E-state index in [1.54, 1.807) is 43.3 Å². The van der Waals surface area contributed by atoms with Gasteiger partial charge in [-0.3, -0.25) is 14.2 Å². The summed E-state index contributed by atoms with van der Waals surface area (Å²) in [5.74, 6) is -0.323. The number of benzene rings is 2. The molecule has 0 fully saturated rings. The maximum absolute atomic E-state index is 12.4. The van der Waals surface area contributed by atoms with Gasteiger partial charge in [0.05, 0.1) is 23.3 Å². The molecule has 3 rings (SSSR count). The van der Waals surface area contributed by atoms with Crippen molar-refractivity contribution >= 4 is 16.8 Å². The van der Waals surface area contributed by atoms with Crippen molar-refractivity contribution in [3.63, 3.8) is 0 Å². The Morgan fingerprint density at radius 3 is 2.59 bits per heavy atom. The zero-order valence-corrected chi connectivity index (χ0v) is 14.4. The summed E-state index contributed by atoms with van der Waals surface area (Å²) in [5, 5.41) is 3.21. The summed E-state index contributed by atoms with van der Waals surface area (Å²) >= 11 is 0. The molecule has 27 heavy (non-hydrogen) atoms. The number of aromatic nitrogens is 2. The van der Waals surface area contributed by atoms with Crippen LogP contribution >= 0.6 is 0 Å². The minimum atomic E-state index is -2.89. The highest BCUT2D eigenvalue weighted by Crippen LogP contribution is 2.19. The Bertz CT molecular complexity index is 1000. The third-order valence-corrected chi connectivity index (χ3v) is 4.03. The van der Waals surface area contributed by atoms with E-state index in [1.165, 1.54) is 23.0 Å². The van der Waals surface area contributed by atoms with Crippen molar-refractivity contribution < 1.29 is 18.3 Å². The zero-order valence-electron chi connectivity index (χ0n) is 14.4. The van der Waals surface area contributed by atoms with E-state index in [9.17, 15) is 18.4 Å². The van der Waals surface area contributed by atoms with Crippen molar-refractivity contribution in [1.82, 2.24) is 14.9 Å². The number of carbonyl (C=O) groups excluding carboxylic acids is 1. The fourth-order valence-corrected chi connectivity index (χ4v) is 2.68. The summed E-state index contributed by atoms with van der Waals surface area (Å²) in [7, 11) is 0. The number of fused-ring (bicyclic) bond motifs is 1. The van der Waals surface area contributed by atoms with Crippen molar-refractivity contribution in [2.24, 2.45) is 0 Å². The third-order valence-electron chi connectivity index (χ3n) is 4.03. The molecule has 0 aliphatic carbocycles. The summed E-state index contributed by atoms with van der Waals surface area (Å²) in [5.41, 5.74) is 0.990. The van der Waals surface area contributed by atoms with Crippen LogP contribution in [0, 0.1) is 0 Å². The van der Waals surface area contributed by atoms with Gasteiger partial charge in [-0.15, -0.1) is 0 Å². The van der Waals surface area contributed by atoms with Crippen LogP contribution in [0.3, 0.4) is 0 Å². The van der Waals surface area contributed by atoms with E-state index in [4.69, 9.17) is 0 Å². The topological polar surface area (TPSA) is 73.2 Å². The molecule has 1 atom stereocenters. The molecule has 2 aromatic carbocycles. The molecule has 0 aliphatic rings. The summed E-state index contributed by atoms with van der Waals surface area (Å²) in [4.78, 5) is 28.9. The smallest absolute Gasteiger partial charge is 0.387 e. The van der Waals surface area contributed by atoms with Crippen molar-refractivity contribution in [3.8, 4) is 5.75 Å². The van der Waals surface area contributed by atoms with Crippen LogP contribution in [0.25, 0.3) is 10.9 Å². The first-order chi connectivity index (χ1) is 12.9. The largest absolute Gasteiger partial charge is 0.435 e. The van der Waals surface area contributed by atoms with Gasteiger partial charge in [0.1, 0.15) is 12.3 Å². The van der Waals surface area contributed by atoms with Crippen molar-refractivity contribution in [3.05, 3.63) is 70.8 Å². The zero-order chi connectivity index (χ0) is 19.4. The number of hydrogen-bond donors (Lipinski definition) is 1. The number of alkyl halides is 2. The Labute approximate surface area is 153 Å². The SMILES string of the molecule is CC(NC(=O)Cn1cnc2ccccc2c1=O)c1ccc(OC(F)F)cc1. The van der Waals surface area contributed by atoms with Gasteiger partial charge in [0, 0.05) is 0 Å². The maximum Gasteiger partial charge on any atom is 0.387 e. The van der Waals surface area contributed by atoms with Crippen LogP contribution in [0.1, 0.15) is 18.5 Å². The number of para-hydroxylation sites is 1. The molecule has 1 amide bonds. The van der Waals surface area contributed by atoms with Crippen molar-refractivity contribution in [1.29, 1.82) is 0 Å². The van der Waals surface area contributed by atoms with Gasteiger partial charge in [-0.25, -0.2) is 4.98 Å². The molecule has 1 unspecified atom stereocenters. The lowest BCUT2D eigenvalue weighted by atomic mass is 10.1. The number of amides is 1. The number of rotatable bonds is 6. The van der Waals surface area contributed by atoms with Crippen molar-refractivity contribution in [2.75, 3.05) is 0 Å². The Morgan fingerprint density at radius 2 is 1.89 bits per heavy atom. The summed E-state index contributed by atoms with van der Waals surface area (Å²) in [6, 6.07) is 12.5. The second kappa shape index (κ2) is 7.94. The molecule has 0 bridgehead atoms. The molecule has 0 spiro atoms. The molecule has 1 aromatic heterocycles. The van der Waals surface area contributed by atoms with Gasteiger partial charge in [0.2, 0.25) is 5.91 Å². The maximum atomic E-state index is 12.4. The molecule has 1 heterocycles. The molecule has 0 saturated heterocycles. The summed E-state index contributed by atoms with van der Waals surface area (Å²) in [6.07, 6.45) is 1.34. The third kappa shape index (κ3) is 4.46. The molecule has 0 saturated carbocycles. The number of ether oxygens (including phenoxy) is 1. The van der Waals surface area contributed by atoms with E-state index in [1.807, 2.05) is 0 Å². The van der Waals surface area contributed by atoms with Crippen LogP contribution in [0.15, 0.2) is 59.7 Å². The molecule has 140 valence electrons. The number of carbonyl (C=O) groups is 1. The normalized spacial score (nSPS) is 12.1. The quantitative estimate of drug-likeness (QED) is 0.721. The fraction of sp³-hybridized carbons (Fsp3) is 0.211. The number of hydrogen-bond acceptors (Lipinski definition) is 4. The average molecular weight is 373 g/mol. The van der Waals surface area contributed by atoms with E-state index in [2.05, 4.69) is 15.0 Å². The van der Waals surface area contributed by atoms with Crippen LogP contribution in [0.4, 0.5) is 8.78 Å². The van der Waals surface area contributed by atoms with Gasteiger partial charge in [-0.05, 0) is 36.8 Å². The Balaban J connectivity index is 1.67. The number of nitrogens with zero attached hydrogens (tertiary/aromatic N) is 2. The van der Waals surface area contributed by atoms with Gasteiger partial charge in [0.15, 0.2) is 0 Å². The highest BCUT2D eigenvalue weighted by atomic mass is 19.3. The van der Waals surface area contributed by atoms with Crippen LogP contribution in [0.2, 0.25) is 0 Å². The van der Waals surface area contributed by atoms with E-state index in [0.717, 1.165) is 0 Å². The van der Waals surface area contributed by atoms with Crippen LogP contribution in [-0.2, 0) is 11.3 Å². The van der Waals surface area contributed by atoms with Crippen LogP contribution < -0.4 is 15.6 Å². The highest BCUT2D eigenvalue weighted by molar-refractivity contribution is 5.79. The molecule has 6 nitrogen and oxygen atoms in total. The Hall–Kier alpha value is -3.29. The van der Waals surface area contributed by atoms with Gasteiger partial charge in [-0.2, -0.15) is 8.78 Å². The van der Waals surface area contributed by atoms with E-state index >= 15 is 0 Å². The lowest BCUT2D eigenvalue weighted by Crippen LogP contribution is -2.33. The Kier molecular flexibility index (Phi) is 5.44. The molecule has 8 heteroatoms. The fourth-order valence-electron chi connectivity index (χ4n) is 2.68. The lowest BCUT2D eigenvalue weighted by Gasteiger charge is -2.15. The highest BCUT2D eigenvalue weighted by Gasteiger charge is 2.13. The second-order valence-electron chi connectivity index (χ2n) is 5.93. The molecular weight excluding hydrogens is 356 g/mol. The minimum Gasteiger partial charge on any atom is -0.435 e. The first-order valence-corrected chi connectivity index (χ1v) is 8.22. The van der Waals surface area contributed by atoms with E-state index in [0.29, 0.717) is 16.5 Å². The predicted octanol–water partition coefficient (Wildman–Crippen LogP) is 2.88. The Morgan fingerprint density at radius 1 is 1.19 bits per heavy atom. The van der Waals surface area contributed by atoms with Crippen LogP contribution in [-0.4, -0.2) is 22.1 Å². The van der Waals surface area contributed by atoms with E-state index < -0.39 is 6.61 Å². The summed E-state index contributed by atoms with van der Waals surface area (Å²) < 4.78 is 29.9. The summed E-state index contributed by atoms with van der Waals surface area (Å²) in [6.45, 7) is -1.31. The van der Waals surface area contributed by atoms with E-state index in [-0.39, 0.29) is 29.8 Å². The second-order valence-corrected chi connectivity index (χ2v) is 5.93. The standard InChI is InChI=1S/C19H17F2N3O3/c1-12(13-6-8-14(9-7-13)27-19(20)21)23-17(25)10-24-11-22-16-5-3-2-4-15(16)18(24)26/h2-9,11-12,19H,10H2,1H3,(H,23,25). The van der Waals surface area contributed by atoms with Crippen molar-refractivity contribution in [2.45, 2.75) is 26.1 Å². The monoisotopic (exact) mass is 373 g/mol. The minimum absolute atomic E-state index is 0.0427. The molecular formula is C19H17F2N3O3. The average Bonchev–Trinajstić information content (AvgIpc) is 2.64. The molecule has 0 radical (unpaired) electrons. The first-order valence-electron chi connectivity index (χ1n) is 8.22. The predicted molar refractivity (Wildman–Crippen MR) is 95.6 cm³/mol.